The molecule has 1 unspecified atom stereocenters. The molecule has 38 heavy (non-hydrogen) atoms. The number of anilines is 1. The van der Waals surface area contributed by atoms with E-state index in [4.69, 9.17) is 9.90 Å². The number of imidazole rings is 1. The summed E-state index contributed by atoms with van der Waals surface area (Å²) in [6.45, 7) is 0.319. The fourth-order valence-corrected chi connectivity index (χ4v) is 4.23. The molecule has 1 fully saturated rings. The van der Waals surface area contributed by atoms with Gasteiger partial charge in [0.15, 0.2) is 0 Å². The van der Waals surface area contributed by atoms with Crippen molar-refractivity contribution in [3.8, 4) is 22.4 Å². The number of carboxylic acid groups (broad SMARTS) is 1. The molecule has 13 heteroatoms. The Labute approximate surface area is 215 Å². The first kappa shape index (κ1) is 26.7. The van der Waals surface area contributed by atoms with E-state index < -0.39 is 18.8 Å². The van der Waals surface area contributed by atoms with Gasteiger partial charge in [-0.05, 0) is 49.2 Å². The number of fused-ring (bicyclic) bond motifs is 1. The number of alkyl halides is 3. The first-order valence-electron chi connectivity index (χ1n) is 11.8. The standard InChI is InChI=1S/C24H24F3N7O.CH2O2/c25-24(26,27)15-30-23(35)32-19-4-1-3-17(9-19)21-13-29-22-10-16(6-8-33(21)22)18-11-31-34(14-18)20-5-2-7-28-12-20;2-1-3/h1,3-4,6,8-11,13-14,20,28H,2,5,7,12,15H2,(H2,30,32,35);1H,(H,2,3). The van der Waals surface area contributed by atoms with E-state index in [1.54, 1.807) is 29.7 Å². The Hall–Kier alpha value is -4.39. The summed E-state index contributed by atoms with van der Waals surface area (Å²) < 4.78 is 40.9. The number of piperidine rings is 1. The maximum atomic E-state index is 12.3. The minimum atomic E-state index is -4.47. The van der Waals surface area contributed by atoms with Gasteiger partial charge in [0.05, 0.1) is 24.1 Å². The lowest BCUT2D eigenvalue weighted by atomic mass is 10.1. The second kappa shape index (κ2) is 11.8. The number of carbonyl (C=O) groups excluding carboxylic acids is 1. The number of aromatic nitrogens is 4. The average molecular weight is 530 g/mol. The smallest absolute Gasteiger partial charge is 0.405 e. The lowest BCUT2D eigenvalue weighted by molar-refractivity contribution is -0.123. The number of nitrogens with one attached hydrogen (secondary N) is 3. The van der Waals surface area contributed by atoms with E-state index in [-0.39, 0.29) is 6.47 Å². The maximum Gasteiger partial charge on any atom is 0.405 e. The topological polar surface area (TPSA) is 126 Å². The molecule has 3 aromatic heterocycles. The Kier molecular flexibility index (Phi) is 8.26. The zero-order chi connectivity index (χ0) is 27.1. The van der Waals surface area contributed by atoms with E-state index in [2.05, 4.69) is 26.9 Å². The number of hydrogen-bond acceptors (Lipinski definition) is 5. The molecular formula is C25H26F3N7O3. The maximum absolute atomic E-state index is 12.3. The van der Waals surface area contributed by atoms with Crippen molar-refractivity contribution in [3.05, 3.63) is 61.2 Å². The van der Waals surface area contributed by atoms with Crippen LogP contribution in [0.3, 0.4) is 0 Å². The Bertz CT molecular complexity index is 1390. The van der Waals surface area contributed by atoms with Crippen molar-refractivity contribution in [2.45, 2.75) is 25.1 Å². The Balaban J connectivity index is 0.00000107. The molecule has 0 radical (unpaired) electrons. The molecule has 1 aliphatic heterocycles. The molecule has 200 valence electrons. The van der Waals surface area contributed by atoms with Gasteiger partial charge in [-0.2, -0.15) is 18.3 Å². The van der Waals surface area contributed by atoms with Crippen LogP contribution in [0.15, 0.2) is 61.2 Å². The van der Waals surface area contributed by atoms with Crippen LogP contribution in [-0.4, -0.2) is 62.6 Å². The van der Waals surface area contributed by atoms with Crippen LogP contribution >= 0.6 is 0 Å². The molecule has 1 saturated heterocycles. The van der Waals surface area contributed by atoms with Gasteiger partial charge in [-0.15, -0.1) is 0 Å². The van der Waals surface area contributed by atoms with Crippen molar-refractivity contribution in [1.82, 2.24) is 29.8 Å². The molecule has 10 nitrogen and oxygen atoms in total. The lowest BCUT2D eigenvalue weighted by Gasteiger charge is -2.22. The predicted octanol–water partition coefficient (Wildman–Crippen LogP) is 4.17. The molecule has 0 spiro atoms. The number of carbonyl (C=O) groups is 2. The minimum Gasteiger partial charge on any atom is -0.483 e. The van der Waals surface area contributed by atoms with Gasteiger partial charge in [0.2, 0.25) is 0 Å². The molecule has 0 bridgehead atoms. The third-order valence-corrected chi connectivity index (χ3v) is 5.96. The van der Waals surface area contributed by atoms with Gasteiger partial charge in [-0.3, -0.25) is 13.9 Å². The second-order valence-electron chi connectivity index (χ2n) is 8.61. The summed E-state index contributed by atoms with van der Waals surface area (Å²) in [7, 11) is 0. The number of nitrogens with zero attached hydrogens (tertiary/aromatic N) is 4. The second-order valence-corrected chi connectivity index (χ2v) is 8.61. The number of pyridine rings is 1. The molecule has 0 aliphatic carbocycles. The quantitative estimate of drug-likeness (QED) is 0.288. The van der Waals surface area contributed by atoms with Gasteiger partial charge >= 0.3 is 12.2 Å². The summed E-state index contributed by atoms with van der Waals surface area (Å²) in [4.78, 5) is 24.7. The van der Waals surface area contributed by atoms with Crippen LogP contribution in [0, 0.1) is 0 Å². The first-order chi connectivity index (χ1) is 18.3. The Morgan fingerprint density at radius 2 is 2.00 bits per heavy atom. The van der Waals surface area contributed by atoms with Gasteiger partial charge in [0.25, 0.3) is 6.47 Å². The van der Waals surface area contributed by atoms with E-state index in [1.807, 2.05) is 39.7 Å². The highest BCUT2D eigenvalue weighted by molar-refractivity contribution is 5.90. The first-order valence-corrected chi connectivity index (χ1v) is 11.8. The zero-order valence-corrected chi connectivity index (χ0v) is 20.2. The van der Waals surface area contributed by atoms with Gasteiger partial charge < -0.3 is 21.1 Å². The lowest BCUT2D eigenvalue weighted by Crippen LogP contribution is -2.36. The van der Waals surface area contributed by atoms with Crippen molar-refractivity contribution in [3.63, 3.8) is 0 Å². The van der Waals surface area contributed by atoms with Gasteiger partial charge in [0, 0.05) is 35.8 Å². The van der Waals surface area contributed by atoms with Crippen LogP contribution in [0.1, 0.15) is 18.9 Å². The van der Waals surface area contributed by atoms with Crippen LogP contribution in [0.25, 0.3) is 28.0 Å². The van der Waals surface area contributed by atoms with Crippen LogP contribution in [0.2, 0.25) is 0 Å². The highest BCUT2D eigenvalue weighted by atomic mass is 19.4. The summed E-state index contributed by atoms with van der Waals surface area (Å²) in [5.74, 6) is 0. The van der Waals surface area contributed by atoms with Crippen molar-refractivity contribution < 1.29 is 27.9 Å². The molecule has 5 rings (SSSR count). The van der Waals surface area contributed by atoms with Gasteiger partial charge in [-0.25, -0.2) is 9.78 Å². The summed E-state index contributed by atoms with van der Waals surface area (Å²) in [6.07, 6.45) is 5.34. The van der Waals surface area contributed by atoms with Crippen LogP contribution in [0.5, 0.6) is 0 Å². The highest BCUT2D eigenvalue weighted by Crippen LogP contribution is 2.27. The number of urea groups is 1. The highest BCUT2D eigenvalue weighted by Gasteiger charge is 2.27. The monoisotopic (exact) mass is 529 g/mol. The fraction of sp³-hybridized carbons (Fsp3) is 0.280. The number of benzene rings is 1. The van der Waals surface area contributed by atoms with E-state index in [0.29, 0.717) is 11.7 Å². The van der Waals surface area contributed by atoms with Crippen LogP contribution in [-0.2, 0) is 4.79 Å². The third-order valence-electron chi connectivity index (χ3n) is 5.96. The average Bonchev–Trinajstić information content (AvgIpc) is 3.56. The largest absolute Gasteiger partial charge is 0.483 e. The summed E-state index contributed by atoms with van der Waals surface area (Å²) in [5, 5.41) is 19.1. The van der Waals surface area contributed by atoms with E-state index in [1.165, 1.54) is 0 Å². The minimum absolute atomic E-state index is 0.250. The molecule has 2 amide bonds. The van der Waals surface area contributed by atoms with E-state index in [0.717, 1.165) is 54.0 Å². The van der Waals surface area contributed by atoms with E-state index >= 15 is 0 Å². The molecule has 4 heterocycles. The molecule has 0 saturated carbocycles. The number of amides is 2. The zero-order valence-electron chi connectivity index (χ0n) is 20.2. The molecule has 1 aliphatic rings. The molecule has 4 N–H and O–H groups in total. The van der Waals surface area contributed by atoms with E-state index in [9.17, 15) is 18.0 Å². The normalized spacial score (nSPS) is 15.4. The van der Waals surface area contributed by atoms with Crippen LogP contribution < -0.4 is 16.0 Å². The van der Waals surface area contributed by atoms with Crippen molar-refractivity contribution in [2.24, 2.45) is 0 Å². The molecule has 1 atom stereocenters. The Morgan fingerprint density at radius 1 is 1.18 bits per heavy atom. The van der Waals surface area contributed by atoms with Crippen LogP contribution in [0.4, 0.5) is 23.7 Å². The number of halogens is 3. The Morgan fingerprint density at radius 3 is 2.74 bits per heavy atom. The molecule has 4 aromatic rings. The van der Waals surface area contributed by atoms with Crippen molar-refractivity contribution >= 4 is 23.8 Å². The number of rotatable bonds is 5. The van der Waals surface area contributed by atoms with Crippen molar-refractivity contribution in [2.75, 3.05) is 25.0 Å². The van der Waals surface area contributed by atoms with Crippen molar-refractivity contribution in [1.29, 1.82) is 0 Å². The number of hydrogen-bond donors (Lipinski definition) is 4. The fourth-order valence-electron chi connectivity index (χ4n) is 4.23. The third kappa shape index (κ3) is 6.68. The molecule has 1 aromatic carbocycles. The SMILES string of the molecule is O=C(NCC(F)(F)F)Nc1cccc(-c2cnc3cc(-c4cnn(C5CCCNC5)c4)ccn23)c1.O=CO. The van der Waals surface area contributed by atoms with Gasteiger partial charge in [-0.1, -0.05) is 12.1 Å². The molecular weight excluding hydrogens is 503 g/mol. The summed E-state index contributed by atoms with van der Waals surface area (Å²) in [5.41, 5.74) is 4.68. The summed E-state index contributed by atoms with van der Waals surface area (Å²) >= 11 is 0. The summed E-state index contributed by atoms with van der Waals surface area (Å²) in [6, 6.07) is 10.3. The van der Waals surface area contributed by atoms with Gasteiger partial charge in [0.1, 0.15) is 12.2 Å². The predicted molar refractivity (Wildman–Crippen MR) is 135 cm³/mol.